The van der Waals surface area contributed by atoms with Gasteiger partial charge in [0.15, 0.2) is 0 Å². The lowest BCUT2D eigenvalue weighted by Gasteiger charge is -2.02. The molecule has 4 heteroatoms. The Bertz CT molecular complexity index is 311. The fraction of sp³-hybridized carbons (Fsp3) is 0.400. The number of carbonyl (C=O) groups is 1. The van der Waals surface area contributed by atoms with Gasteiger partial charge in [0.25, 0.3) is 0 Å². The minimum atomic E-state index is 0.00995. The number of aromatic nitrogens is 2. The average molecular weight is 191 g/mol. The molecule has 0 aliphatic heterocycles. The van der Waals surface area contributed by atoms with Crippen molar-refractivity contribution in [1.29, 1.82) is 0 Å². The zero-order chi connectivity index (χ0) is 10.2. The molecular weight excluding hydrogens is 178 g/mol. The summed E-state index contributed by atoms with van der Waals surface area (Å²) in [6, 6.07) is 1.83. The number of aryl methyl sites for hydroxylation is 1. The molecule has 1 rings (SSSR count). The molecule has 0 radical (unpaired) electrons. The van der Waals surface area contributed by atoms with E-state index < -0.39 is 0 Å². The van der Waals surface area contributed by atoms with Gasteiger partial charge in [-0.15, -0.1) is 12.3 Å². The third-order valence-corrected chi connectivity index (χ3v) is 1.72. The quantitative estimate of drug-likeness (QED) is 0.541. The summed E-state index contributed by atoms with van der Waals surface area (Å²) in [5, 5.41) is 6.71. The monoisotopic (exact) mass is 191 g/mol. The van der Waals surface area contributed by atoms with Crippen LogP contribution >= 0.6 is 0 Å². The number of nitrogens with zero attached hydrogens (tertiary/aromatic N) is 2. The minimum absolute atomic E-state index is 0.00995. The molecule has 0 fully saturated rings. The molecule has 0 bridgehead atoms. The van der Waals surface area contributed by atoms with Gasteiger partial charge in [-0.25, -0.2) is 0 Å². The highest BCUT2D eigenvalue weighted by Crippen LogP contribution is 1.89. The Balaban J connectivity index is 2.13. The second-order valence-electron chi connectivity index (χ2n) is 2.82. The molecule has 0 aromatic carbocycles. The zero-order valence-electron chi connectivity index (χ0n) is 7.94. The second kappa shape index (κ2) is 5.81. The van der Waals surface area contributed by atoms with E-state index in [0.29, 0.717) is 25.9 Å². The lowest BCUT2D eigenvalue weighted by Crippen LogP contribution is -2.25. The van der Waals surface area contributed by atoms with Crippen LogP contribution in [0.15, 0.2) is 18.5 Å². The number of rotatable bonds is 5. The molecule has 0 saturated carbocycles. The lowest BCUT2D eigenvalue weighted by molar-refractivity contribution is -0.121. The maximum Gasteiger partial charge on any atom is 0.221 e. The third kappa shape index (κ3) is 3.76. The van der Waals surface area contributed by atoms with E-state index in [-0.39, 0.29) is 5.91 Å². The van der Waals surface area contributed by atoms with Crippen LogP contribution < -0.4 is 5.32 Å². The Labute approximate surface area is 83.3 Å². The van der Waals surface area contributed by atoms with Gasteiger partial charge in [0, 0.05) is 38.3 Å². The molecule has 0 aliphatic carbocycles. The Morgan fingerprint density at radius 2 is 2.50 bits per heavy atom. The number of carbonyl (C=O) groups excluding carboxylic acids is 1. The Morgan fingerprint density at radius 1 is 1.64 bits per heavy atom. The summed E-state index contributed by atoms with van der Waals surface area (Å²) in [7, 11) is 0. The van der Waals surface area contributed by atoms with Crippen molar-refractivity contribution in [3.8, 4) is 12.3 Å². The Hall–Kier alpha value is -1.76. The van der Waals surface area contributed by atoms with Gasteiger partial charge in [-0.1, -0.05) is 0 Å². The SMILES string of the molecule is C#CCCNC(=O)CCn1cccn1. The molecule has 1 aromatic rings. The topological polar surface area (TPSA) is 46.9 Å². The van der Waals surface area contributed by atoms with Gasteiger partial charge in [-0.05, 0) is 6.07 Å². The van der Waals surface area contributed by atoms with Crippen LogP contribution in [0.5, 0.6) is 0 Å². The minimum Gasteiger partial charge on any atom is -0.355 e. The van der Waals surface area contributed by atoms with Gasteiger partial charge in [-0.2, -0.15) is 5.10 Å². The molecule has 0 saturated heterocycles. The van der Waals surface area contributed by atoms with Crippen LogP contribution in [-0.4, -0.2) is 22.2 Å². The number of amides is 1. The summed E-state index contributed by atoms with van der Waals surface area (Å²) in [4.78, 5) is 11.2. The van der Waals surface area contributed by atoms with Crippen LogP contribution in [-0.2, 0) is 11.3 Å². The predicted octanol–water partition coefficient (Wildman–Crippen LogP) is 0.413. The van der Waals surface area contributed by atoms with E-state index in [1.807, 2.05) is 12.3 Å². The van der Waals surface area contributed by atoms with Crippen molar-refractivity contribution in [2.75, 3.05) is 6.54 Å². The van der Waals surface area contributed by atoms with E-state index in [4.69, 9.17) is 6.42 Å². The number of nitrogens with one attached hydrogen (secondary N) is 1. The first-order chi connectivity index (χ1) is 6.83. The predicted molar refractivity (Wildman–Crippen MR) is 53.3 cm³/mol. The smallest absolute Gasteiger partial charge is 0.221 e. The highest BCUT2D eigenvalue weighted by Gasteiger charge is 1.99. The van der Waals surface area contributed by atoms with Crippen molar-refractivity contribution in [2.45, 2.75) is 19.4 Å². The number of hydrogen-bond donors (Lipinski definition) is 1. The van der Waals surface area contributed by atoms with Crippen LogP contribution in [0, 0.1) is 12.3 Å². The molecule has 1 amide bonds. The van der Waals surface area contributed by atoms with Crippen molar-refractivity contribution in [2.24, 2.45) is 0 Å². The van der Waals surface area contributed by atoms with Crippen molar-refractivity contribution in [3.05, 3.63) is 18.5 Å². The lowest BCUT2D eigenvalue weighted by atomic mass is 10.3. The van der Waals surface area contributed by atoms with E-state index in [9.17, 15) is 4.79 Å². The Kier molecular flexibility index (Phi) is 4.29. The summed E-state index contributed by atoms with van der Waals surface area (Å²) in [5.74, 6) is 2.47. The highest BCUT2D eigenvalue weighted by atomic mass is 16.1. The van der Waals surface area contributed by atoms with E-state index in [1.165, 1.54) is 0 Å². The van der Waals surface area contributed by atoms with Crippen molar-refractivity contribution in [3.63, 3.8) is 0 Å². The molecule has 1 N–H and O–H groups in total. The van der Waals surface area contributed by atoms with Gasteiger partial charge < -0.3 is 5.32 Å². The summed E-state index contributed by atoms with van der Waals surface area (Å²) in [6.07, 6.45) is 9.58. The summed E-state index contributed by atoms with van der Waals surface area (Å²) < 4.78 is 1.72. The van der Waals surface area contributed by atoms with Crippen LogP contribution in [0.1, 0.15) is 12.8 Å². The van der Waals surface area contributed by atoms with Crippen LogP contribution in [0.2, 0.25) is 0 Å². The van der Waals surface area contributed by atoms with Crippen LogP contribution in [0.4, 0.5) is 0 Å². The van der Waals surface area contributed by atoms with Gasteiger partial charge in [-0.3, -0.25) is 9.48 Å². The molecule has 1 aromatic heterocycles. The van der Waals surface area contributed by atoms with Crippen LogP contribution in [0.3, 0.4) is 0 Å². The molecule has 0 aliphatic rings. The van der Waals surface area contributed by atoms with E-state index in [0.717, 1.165) is 0 Å². The standard InChI is InChI=1S/C10H13N3O/c1-2-3-6-11-10(14)5-9-13-8-4-7-12-13/h1,4,7-8H,3,5-6,9H2,(H,11,14). The van der Waals surface area contributed by atoms with Gasteiger partial charge in [0.1, 0.15) is 0 Å². The second-order valence-corrected chi connectivity index (χ2v) is 2.82. The van der Waals surface area contributed by atoms with Gasteiger partial charge >= 0.3 is 0 Å². The highest BCUT2D eigenvalue weighted by molar-refractivity contribution is 5.75. The molecular formula is C10H13N3O. The molecule has 74 valence electrons. The van der Waals surface area contributed by atoms with Gasteiger partial charge in [0.2, 0.25) is 5.91 Å². The fourth-order valence-corrected chi connectivity index (χ4v) is 1.01. The zero-order valence-corrected chi connectivity index (χ0v) is 7.94. The first kappa shape index (κ1) is 10.3. The molecule has 14 heavy (non-hydrogen) atoms. The third-order valence-electron chi connectivity index (χ3n) is 1.72. The van der Waals surface area contributed by atoms with Gasteiger partial charge in [0.05, 0.1) is 0 Å². The molecule has 0 spiro atoms. The molecule has 0 atom stereocenters. The molecule has 1 heterocycles. The first-order valence-electron chi connectivity index (χ1n) is 4.50. The molecule has 0 unspecified atom stereocenters. The van der Waals surface area contributed by atoms with E-state index in [1.54, 1.807) is 10.9 Å². The van der Waals surface area contributed by atoms with E-state index >= 15 is 0 Å². The maximum atomic E-state index is 11.2. The summed E-state index contributed by atoms with van der Waals surface area (Å²) >= 11 is 0. The normalized spacial score (nSPS) is 9.36. The molecule has 4 nitrogen and oxygen atoms in total. The van der Waals surface area contributed by atoms with Crippen molar-refractivity contribution >= 4 is 5.91 Å². The Morgan fingerprint density at radius 3 is 3.14 bits per heavy atom. The average Bonchev–Trinajstić information content (AvgIpc) is 2.68. The summed E-state index contributed by atoms with van der Waals surface area (Å²) in [6.45, 7) is 1.16. The summed E-state index contributed by atoms with van der Waals surface area (Å²) in [5.41, 5.74) is 0. The number of terminal acetylenes is 1. The fourth-order valence-electron chi connectivity index (χ4n) is 1.01. The first-order valence-corrected chi connectivity index (χ1v) is 4.50. The number of hydrogen-bond acceptors (Lipinski definition) is 2. The van der Waals surface area contributed by atoms with Crippen molar-refractivity contribution in [1.82, 2.24) is 15.1 Å². The maximum absolute atomic E-state index is 11.2. The largest absolute Gasteiger partial charge is 0.355 e. The van der Waals surface area contributed by atoms with Crippen LogP contribution in [0.25, 0.3) is 0 Å². The van der Waals surface area contributed by atoms with Crippen molar-refractivity contribution < 1.29 is 4.79 Å². The van der Waals surface area contributed by atoms with E-state index in [2.05, 4.69) is 16.3 Å².